The molecule has 0 saturated heterocycles. The molecule has 0 spiro atoms. The van der Waals surface area contributed by atoms with Gasteiger partial charge in [0.2, 0.25) is 5.91 Å². The molecule has 4 nitrogen and oxygen atoms in total. The molecule has 0 unspecified atom stereocenters. The molecule has 0 atom stereocenters. The fraction of sp³-hybridized carbons (Fsp3) is 0.200. The number of carbonyl (C=O) groups is 1. The molecule has 0 bridgehead atoms. The van der Waals surface area contributed by atoms with Crippen LogP contribution in [-0.4, -0.2) is 18.0 Å². The Labute approximate surface area is 112 Å². The average Bonchev–Trinajstić information content (AvgIpc) is 2.41. The maximum atomic E-state index is 11.4. The van der Waals surface area contributed by atoms with Gasteiger partial charge in [0.05, 0.1) is 7.11 Å². The van der Waals surface area contributed by atoms with Gasteiger partial charge < -0.3 is 10.5 Å². The highest BCUT2D eigenvalue weighted by Crippen LogP contribution is 2.19. The summed E-state index contributed by atoms with van der Waals surface area (Å²) in [5.74, 6) is 0.385. The molecule has 0 aliphatic heterocycles. The van der Waals surface area contributed by atoms with E-state index in [2.05, 4.69) is 4.98 Å². The Morgan fingerprint density at radius 2 is 1.95 bits per heavy atom. The number of amides is 1. The number of aromatic nitrogens is 1. The molecule has 19 heavy (non-hydrogen) atoms. The van der Waals surface area contributed by atoms with Crippen LogP contribution in [0.15, 0.2) is 36.5 Å². The first-order valence-electron chi connectivity index (χ1n) is 5.99. The summed E-state index contributed by atoms with van der Waals surface area (Å²) in [6.45, 7) is 1.88. The van der Waals surface area contributed by atoms with E-state index in [4.69, 9.17) is 10.5 Å². The van der Waals surface area contributed by atoms with Crippen LogP contribution in [0.5, 0.6) is 5.75 Å². The van der Waals surface area contributed by atoms with E-state index in [1.807, 2.05) is 31.2 Å². The van der Waals surface area contributed by atoms with Crippen molar-refractivity contribution in [3.05, 3.63) is 58.9 Å². The number of pyridine rings is 1. The molecule has 0 fully saturated rings. The van der Waals surface area contributed by atoms with Crippen LogP contribution >= 0.6 is 0 Å². The molecule has 0 radical (unpaired) electrons. The first-order valence-corrected chi connectivity index (χ1v) is 5.99. The number of benzene rings is 1. The number of hydrogen-bond donors (Lipinski definition) is 1. The lowest BCUT2D eigenvalue weighted by Crippen LogP contribution is -2.15. The molecule has 2 N–H and O–H groups in total. The quantitative estimate of drug-likeness (QED) is 0.910. The van der Waals surface area contributed by atoms with Crippen molar-refractivity contribution in [2.45, 2.75) is 13.3 Å². The summed E-state index contributed by atoms with van der Waals surface area (Å²) < 4.78 is 5.12. The van der Waals surface area contributed by atoms with Crippen LogP contribution in [0.2, 0.25) is 0 Å². The Bertz CT molecular complexity index is 592. The molecular formula is C15H16N2O2. The number of rotatable bonds is 4. The minimum Gasteiger partial charge on any atom is -0.497 e. The van der Waals surface area contributed by atoms with E-state index in [0.717, 1.165) is 22.6 Å². The highest BCUT2D eigenvalue weighted by molar-refractivity contribution is 5.94. The van der Waals surface area contributed by atoms with Gasteiger partial charge in [-0.2, -0.15) is 0 Å². The summed E-state index contributed by atoms with van der Waals surface area (Å²) in [6, 6.07) is 9.39. The van der Waals surface area contributed by atoms with Gasteiger partial charge in [-0.3, -0.25) is 9.78 Å². The molecule has 1 aromatic carbocycles. The minimum atomic E-state index is -0.422. The summed E-state index contributed by atoms with van der Waals surface area (Å²) in [7, 11) is 1.63. The van der Waals surface area contributed by atoms with Gasteiger partial charge in [0.1, 0.15) is 5.75 Å². The molecule has 2 aromatic rings. The topological polar surface area (TPSA) is 65.2 Å². The Morgan fingerprint density at radius 3 is 2.53 bits per heavy atom. The minimum absolute atomic E-state index is 0.422. The number of hydrogen-bond acceptors (Lipinski definition) is 3. The number of primary amides is 1. The van der Waals surface area contributed by atoms with Gasteiger partial charge in [-0.05, 0) is 36.2 Å². The smallest absolute Gasteiger partial charge is 0.249 e. The SMILES string of the molecule is COc1ccc(Cc2c(C(N)=O)ccnc2C)cc1. The van der Waals surface area contributed by atoms with Gasteiger partial charge in [-0.25, -0.2) is 0 Å². The maximum Gasteiger partial charge on any atom is 0.249 e. The number of nitrogens with two attached hydrogens (primary N) is 1. The fourth-order valence-electron chi connectivity index (χ4n) is 2.00. The monoisotopic (exact) mass is 256 g/mol. The van der Waals surface area contributed by atoms with Gasteiger partial charge in [0.15, 0.2) is 0 Å². The highest BCUT2D eigenvalue weighted by Gasteiger charge is 2.11. The number of methoxy groups -OCH3 is 1. The summed E-state index contributed by atoms with van der Waals surface area (Å²) >= 11 is 0. The van der Waals surface area contributed by atoms with Crippen molar-refractivity contribution < 1.29 is 9.53 Å². The van der Waals surface area contributed by atoms with Gasteiger partial charge in [-0.1, -0.05) is 12.1 Å². The van der Waals surface area contributed by atoms with E-state index in [1.165, 1.54) is 0 Å². The molecule has 1 heterocycles. The van der Waals surface area contributed by atoms with Crippen LogP contribution in [0, 0.1) is 6.92 Å². The molecule has 2 rings (SSSR count). The van der Waals surface area contributed by atoms with Gasteiger partial charge in [-0.15, -0.1) is 0 Å². The lowest BCUT2D eigenvalue weighted by atomic mass is 9.98. The van der Waals surface area contributed by atoms with Crippen LogP contribution in [0.1, 0.15) is 27.2 Å². The Balaban J connectivity index is 2.34. The second kappa shape index (κ2) is 5.52. The molecule has 1 aromatic heterocycles. The second-order valence-corrected chi connectivity index (χ2v) is 4.31. The van der Waals surface area contributed by atoms with E-state index in [0.29, 0.717) is 12.0 Å². The molecule has 0 aliphatic carbocycles. The van der Waals surface area contributed by atoms with Crippen LogP contribution in [-0.2, 0) is 6.42 Å². The van der Waals surface area contributed by atoms with Crippen LogP contribution < -0.4 is 10.5 Å². The molecule has 4 heteroatoms. The van der Waals surface area contributed by atoms with Crippen LogP contribution in [0.4, 0.5) is 0 Å². The maximum absolute atomic E-state index is 11.4. The number of carbonyl (C=O) groups excluding carboxylic acids is 1. The lowest BCUT2D eigenvalue weighted by molar-refractivity contribution is 0.0999. The summed E-state index contributed by atoms with van der Waals surface area (Å²) in [4.78, 5) is 15.7. The predicted octanol–water partition coefficient (Wildman–Crippen LogP) is 2.09. The standard InChI is InChI=1S/C15H16N2O2/c1-10-14(13(15(16)18)7-8-17-10)9-11-3-5-12(19-2)6-4-11/h3-8H,9H2,1-2H3,(H2,16,18). The molecule has 98 valence electrons. The van der Waals surface area contributed by atoms with Gasteiger partial charge in [0, 0.05) is 23.9 Å². The van der Waals surface area contributed by atoms with E-state index >= 15 is 0 Å². The van der Waals surface area contributed by atoms with E-state index in [9.17, 15) is 4.79 Å². The summed E-state index contributed by atoms with van der Waals surface area (Å²) in [5.41, 5.74) is 8.71. The molecule has 0 aliphatic rings. The highest BCUT2D eigenvalue weighted by atomic mass is 16.5. The van der Waals surface area contributed by atoms with Crippen molar-refractivity contribution in [2.75, 3.05) is 7.11 Å². The van der Waals surface area contributed by atoms with E-state index in [1.54, 1.807) is 19.4 Å². The van der Waals surface area contributed by atoms with E-state index < -0.39 is 5.91 Å². The van der Waals surface area contributed by atoms with Crippen molar-refractivity contribution >= 4 is 5.91 Å². The first kappa shape index (κ1) is 13.1. The van der Waals surface area contributed by atoms with Crippen molar-refractivity contribution in [3.63, 3.8) is 0 Å². The fourth-order valence-corrected chi connectivity index (χ4v) is 2.00. The normalized spacial score (nSPS) is 10.2. The third kappa shape index (κ3) is 2.91. The van der Waals surface area contributed by atoms with Crippen molar-refractivity contribution in [1.29, 1.82) is 0 Å². The zero-order chi connectivity index (χ0) is 13.8. The molecular weight excluding hydrogens is 240 g/mol. The van der Waals surface area contributed by atoms with Crippen LogP contribution in [0.3, 0.4) is 0 Å². The predicted molar refractivity (Wildman–Crippen MR) is 73.3 cm³/mol. The summed E-state index contributed by atoms with van der Waals surface area (Å²) in [6.07, 6.45) is 2.23. The molecule has 1 amide bonds. The van der Waals surface area contributed by atoms with Crippen molar-refractivity contribution in [2.24, 2.45) is 5.73 Å². The number of nitrogens with zero attached hydrogens (tertiary/aromatic N) is 1. The lowest BCUT2D eigenvalue weighted by Gasteiger charge is -2.10. The Morgan fingerprint density at radius 1 is 1.26 bits per heavy atom. The number of aryl methyl sites for hydroxylation is 1. The average molecular weight is 256 g/mol. The van der Waals surface area contributed by atoms with E-state index in [-0.39, 0.29) is 0 Å². The number of ether oxygens (including phenoxy) is 1. The second-order valence-electron chi connectivity index (χ2n) is 4.31. The Hall–Kier alpha value is -2.36. The molecule has 0 saturated carbocycles. The van der Waals surface area contributed by atoms with Gasteiger partial charge >= 0.3 is 0 Å². The zero-order valence-electron chi connectivity index (χ0n) is 11.0. The van der Waals surface area contributed by atoms with Crippen molar-refractivity contribution in [3.8, 4) is 5.75 Å². The van der Waals surface area contributed by atoms with Gasteiger partial charge in [0.25, 0.3) is 0 Å². The Kier molecular flexibility index (Phi) is 3.80. The third-order valence-corrected chi connectivity index (χ3v) is 3.08. The first-order chi connectivity index (χ1) is 9.11. The zero-order valence-corrected chi connectivity index (χ0v) is 11.0. The largest absolute Gasteiger partial charge is 0.497 e. The third-order valence-electron chi connectivity index (χ3n) is 3.08. The summed E-state index contributed by atoms with van der Waals surface area (Å²) in [5, 5.41) is 0. The van der Waals surface area contributed by atoms with Crippen molar-refractivity contribution in [1.82, 2.24) is 4.98 Å². The van der Waals surface area contributed by atoms with Crippen LogP contribution in [0.25, 0.3) is 0 Å².